The van der Waals surface area contributed by atoms with Crippen molar-refractivity contribution < 1.29 is 27.0 Å². The number of halogens is 2. The van der Waals surface area contributed by atoms with E-state index >= 15 is 0 Å². The Morgan fingerprint density at radius 3 is 2.58 bits per heavy atom. The summed E-state index contributed by atoms with van der Waals surface area (Å²) in [5.74, 6) is -2.43. The van der Waals surface area contributed by atoms with E-state index in [1.54, 1.807) is 4.90 Å². The standard InChI is InChI=1S/C15H22F2N2O4S/c1-18(2)24(21,22)9-10-6-19(8-13(10)20)7-11-14(23-3)5-4-12(16)15(11)17/h4-5,10,13,20H,6-9H2,1-3H3/t10-,13+/m0/s1. The molecule has 0 aliphatic carbocycles. The monoisotopic (exact) mass is 364 g/mol. The first kappa shape index (κ1) is 19.0. The van der Waals surface area contributed by atoms with E-state index in [-0.39, 0.29) is 36.7 Å². The molecule has 2 atom stereocenters. The van der Waals surface area contributed by atoms with Crippen LogP contribution in [0.4, 0.5) is 8.78 Å². The number of hydrogen-bond acceptors (Lipinski definition) is 5. The van der Waals surface area contributed by atoms with Gasteiger partial charge in [0, 0.05) is 45.2 Å². The number of aliphatic hydroxyl groups is 1. The zero-order valence-corrected chi connectivity index (χ0v) is 14.7. The Hall–Kier alpha value is -1.29. The van der Waals surface area contributed by atoms with Crippen molar-refractivity contribution in [3.8, 4) is 5.75 Å². The Morgan fingerprint density at radius 1 is 1.33 bits per heavy atom. The molecule has 1 heterocycles. The highest BCUT2D eigenvalue weighted by atomic mass is 32.2. The van der Waals surface area contributed by atoms with Crippen LogP contribution in [0.3, 0.4) is 0 Å². The maximum atomic E-state index is 14.0. The van der Waals surface area contributed by atoms with Gasteiger partial charge >= 0.3 is 0 Å². The second-order valence-electron chi connectivity index (χ2n) is 6.12. The first-order valence-electron chi connectivity index (χ1n) is 7.47. The SMILES string of the molecule is COc1ccc(F)c(F)c1CN1C[C@@H](CS(=O)(=O)N(C)C)[C@H](O)C1. The van der Waals surface area contributed by atoms with Gasteiger partial charge in [-0.2, -0.15) is 0 Å². The second kappa shape index (κ2) is 7.30. The molecule has 1 aliphatic rings. The lowest BCUT2D eigenvalue weighted by Crippen LogP contribution is -2.33. The number of aliphatic hydroxyl groups excluding tert-OH is 1. The number of ether oxygens (including phenoxy) is 1. The third-order valence-electron chi connectivity index (χ3n) is 4.22. The van der Waals surface area contributed by atoms with Gasteiger partial charge in [0.15, 0.2) is 11.6 Å². The number of likely N-dealkylation sites (tertiary alicyclic amines) is 1. The summed E-state index contributed by atoms with van der Waals surface area (Å²) in [7, 11) is 0.776. The van der Waals surface area contributed by atoms with Crippen molar-refractivity contribution in [2.75, 3.05) is 40.0 Å². The molecule has 0 amide bonds. The molecule has 9 heteroatoms. The quantitative estimate of drug-likeness (QED) is 0.803. The van der Waals surface area contributed by atoms with Crippen LogP contribution in [-0.2, 0) is 16.6 Å². The fraction of sp³-hybridized carbons (Fsp3) is 0.600. The zero-order chi connectivity index (χ0) is 18.1. The van der Waals surface area contributed by atoms with Gasteiger partial charge in [0.05, 0.1) is 19.0 Å². The lowest BCUT2D eigenvalue weighted by atomic mass is 10.1. The summed E-state index contributed by atoms with van der Waals surface area (Å²) in [6.45, 7) is 0.488. The Kier molecular flexibility index (Phi) is 5.79. The fourth-order valence-corrected chi connectivity index (χ4v) is 3.96. The van der Waals surface area contributed by atoms with Gasteiger partial charge in [0.1, 0.15) is 5.75 Å². The van der Waals surface area contributed by atoms with Crippen LogP contribution in [0.25, 0.3) is 0 Å². The molecule has 2 rings (SSSR count). The van der Waals surface area contributed by atoms with Crippen molar-refractivity contribution in [1.82, 2.24) is 9.21 Å². The molecule has 0 bridgehead atoms. The molecule has 1 aliphatic heterocycles. The van der Waals surface area contributed by atoms with Gasteiger partial charge in [-0.05, 0) is 12.1 Å². The third-order valence-corrected chi connectivity index (χ3v) is 6.18. The van der Waals surface area contributed by atoms with Gasteiger partial charge in [0.25, 0.3) is 0 Å². The van der Waals surface area contributed by atoms with E-state index in [1.165, 1.54) is 27.3 Å². The van der Waals surface area contributed by atoms with Crippen LogP contribution in [0.2, 0.25) is 0 Å². The molecule has 1 aromatic carbocycles. The lowest BCUT2D eigenvalue weighted by Gasteiger charge is -2.19. The average Bonchev–Trinajstić information content (AvgIpc) is 2.83. The fourth-order valence-electron chi connectivity index (χ4n) is 2.79. The van der Waals surface area contributed by atoms with E-state index in [1.807, 2.05) is 0 Å². The van der Waals surface area contributed by atoms with Crippen LogP contribution in [0.5, 0.6) is 5.75 Å². The summed E-state index contributed by atoms with van der Waals surface area (Å²) in [5, 5.41) is 10.1. The van der Waals surface area contributed by atoms with Crippen LogP contribution in [0.15, 0.2) is 12.1 Å². The summed E-state index contributed by atoms with van der Waals surface area (Å²) < 4.78 is 57.6. The minimum Gasteiger partial charge on any atom is -0.496 e. The molecule has 1 fully saturated rings. The van der Waals surface area contributed by atoms with E-state index in [2.05, 4.69) is 0 Å². The smallest absolute Gasteiger partial charge is 0.214 e. The van der Waals surface area contributed by atoms with Crippen molar-refractivity contribution in [3.05, 3.63) is 29.3 Å². The van der Waals surface area contributed by atoms with E-state index in [4.69, 9.17) is 4.74 Å². The Balaban J connectivity index is 2.13. The summed E-state index contributed by atoms with van der Waals surface area (Å²) in [6, 6.07) is 2.33. The summed E-state index contributed by atoms with van der Waals surface area (Å²) >= 11 is 0. The summed E-state index contributed by atoms with van der Waals surface area (Å²) in [5.41, 5.74) is 0.0563. The summed E-state index contributed by atoms with van der Waals surface area (Å²) in [4.78, 5) is 1.70. The first-order chi connectivity index (χ1) is 11.2. The first-order valence-corrected chi connectivity index (χ1v) is 9.08. The highest BCUT2D eigenvalue weighted by Crippen LogP contribution is 2.28. The Labute approximate surface area is 140 Å². The molecule has 1 N–H and O–H groups in total. The predicted octanol–water partition coefficient (Wildman–Crippen LogP) is 0.657. The molecular formula is C15H22F2N2O4S. The van der Waals surface area contributed by atoms with Crippen LogP contribution in [0, 0.1) is 17.6 Å². The maximum absolute atomic E-state index is 14.0. The van der Waals surface area contributed by atoms with Gasteiger partial charge in [-0.25, -0.2) is 21.5 Å². The van der Waals surface area contributed by atoms with E-state index in [9.17, 15) is 22.3 Å². The largest absolute Gasteiger partial charge is 0.496 e. The number of benzene rings is 1. The number of sulfonamides is 1. The molecule has 0 unspecified atom stereocenters. The molecule has 24 heavy (non-hydrogen) atoms. The number of rotatable bonds is 6. The van der Waals surface area contributed by atoms with Gasteiger partial charge in [0.2, 0.25) is 10.0 Å². The van der Waals surface area contributed by atoms with Gasteiger partial charge < -0.3 is 9.84 Å². The Bertz CT molecular complexity index is 697. The highest BCUT2D eigenvalue weighted by molar-refractivity contribution is 7.89. The van der Waals surface area contributed by atoms with Crippen molar-refractivity contribution in [2.45, 2.75) is 12.6 Å². The molecule has 1 saturated heterocycles. The lowest BCUT2D eigenvalue weighted by molar-refractivity contribution is 0.147. The second-order valence-corrected chi connectivity index (χ2v) is 8.35. The number of β-amino-alcohol motifs (C(OH)–C–C–N with tert-alkyl or cyclic N) is 1. The number of nitrogens with zero attached hydrogens (tertiary/aromatic N) is 2. The molecule has 0 spiro atoms. The molecule has 0 radical (unpaired) electrons. The minimum atomic E-state index is -3.45. The van der Waals surface area contributed by atoms with Crippen molar-refractivity contribution in [2.24, 2.45) is 5.92 Å². The zero-order valence-electron chi connectivity index (χ0n) is 13.9. The van der Waals surface area contributed by atoms with Crippen molar-refractivity contribution >= 4 is 10.0 Å². The normalized spacial score (nSPS) is 22.3. The average molecular weight is 364 g/mol. The van der Waals surface area contributed by atoms with Crippen LogP contribution < -0.4 is 4.74 Å². The molecule has 1 aromatic rings. The van der Waals surface area contributed by atoms with E-state index < -0.39 is 33.7 Å². The molecule has 6 nitrogen and oxygen atoms in total. The highest BCUT2D eigenvalue weighted by Gasteiger charge is 2.36. The van der Waals surface area contributed by atoms with Gasteiger partial charge in [-0.1, -0.05) is 0 Å². The van der Waals surface area contributed by atoms with Crippen molar-refractivity contribution in [1.29, 1.82) is 0 Å². The topological polar surface area (TPSA) is 70.1 Å². The maximum Gasteiger partial charge on any atom is 0.214 e. The molecule has 0 aromatic heterocycles. The third kappa shape index (κ3) is 4.02. The van der Waals surface area contributed by atoms with E-state index in [0.717, 1.165) is 10.4 Å². The summed E-state index contributed by atoms with van der Waals surface area (Å²) in [6.07, 6.45) is -0.845. The Morgan fingerprint density at radius 2 is 2.00 bits per heavy atom. The van der Waals surface area contributed by atoms with Crippen LogP contribution in [0.1, 0.15) is 5.56 Å². The van der Waals surface area contributed by atoms with Crippen molar-refractivity contribution in [3.63, 3.8) is 0 Å². The number of hydrogen-bond donors (Lipinski definition) is 1. The minimum absolute atomic E-state index is 0.0301. The predicted molar refractivity (Wildman–Crippen MR) is 85.2 cm³/mol. The molecule has 0 saturated carbocycles. The number of methoxy groups -OCH3 is 1. The van der Waals surface area contributed by atoms with Crippen LogP contribution in [-0.4, -0.2) is 68.9 Å². The van der Waals surface area contributed by atoms with Crippen LogP contribution >= 0.6 is 0 Å². The molecule has 136 valence electrons. The van der Waals surface area contributed by atoms with Gasteiger partial charge in [-0.3, -0.25) is 4.90 Å². The molecular weight excluding hydrogens is 342 g/mol. The van der Waals surface area contributed by atoms with Gasteiger partial charge in [-0.15, -0.1) is 0 Å². The van der Waals surface area contributed by atoms with E-state index in [0.29, 0.717) is 0 Å².